The molecule has 15 heavy (non-hydrogen) atoms. The fourth-order valence-electron chi connectivity index (χ4n) is 1.66. The fraction of sp³-hybridized carbons (Fsp3) is 0.700. The first-order chi connectivity index (χ1) is 7.35. The second kappa shape index (κ2) is 5.18. The molecule has 1 aliphatic heterocycles. The van der Waals surface area contributed by atoms with E-state index in [1.54, 1.807) is 11.3 Å². The second-order valence-electron chi connectivity index (χ2n) is 3.48. The number of thiazole rings is 1. The molecule has 0 aromatic carbocycles. The standard InChI is InChI=1S/C10H16N2OS2/c1-2-8-9(7-14)15-10(11-8)12-3-5-13-6-4-12/h14H,2-7H2,1H3. The Bertz CT molecular complexity index is 300. The van der Waals surface area contributed by atoms with E-state index in [4.69, 9.17) is 4.74 Å². The van der Waals surface area contributed by atoms with Crippen molar-refractivity contribution in [2.45, 2.75) is 19.1 Å². The van der Waals surface area contributed by atoms with Crippen molar-refractivity contribution in [2.24, 2.45) is 0 Å². The van der Waals surface area contributed by atoms with Crippen molar-refractivity contribution in [2.75, 3.05) is 31.2 Å². The summed E-state index contributed by atoms with van der Waals surface area (Å²) < 4.78 is 5.33. The van der Waals surface area contributed by atoms with E-state index in [1.165, 1.54) is 10.6 Å². The molecule has 1 aromatic heterocycles. The number of rotatable bonds is 3. The van der Waals surface area contributed by atoms with Crippen molar-refractivity contribution < 1.29 is 4.74 Å². The van der Waals surface area contributed by atoms with Crippen LogP contribution in [0.25, 0.3) is 0 Å². The van der Waals surface area contributed by atoms with Crippen LogP contribution < -0.4 is 4.90 Å². The van der Waals surface area contributed by atoms with Crippen LogP contribution in [0.4, 0.5) is 5.13 Å². The van der Waals surface area contributed by atoms with Gasteiger partial charge in [0.05, 0.1) is 18.9 Å². The molecule has 0 spiro atoms. The highest BCUT2D eigenvalue weighted by atomic mass is 32.1. The van der Waals surface area contributed by atoms with E-state index in [2.05, 4.69) is 29.4 Å². The molecular weight excluding hydrogens is 228 g/mol. The molecule has 0 radical (unpaired) electrons. The Morgan fingerprint density at radius 2 is 2.20 bits per heavy atom. The van der Waals surface area contributed by atoms with E-state index in [0.717, 1.165) is 43.6 Å². The van der Waals surface area contributed by atoms with Crippen LogP contribution in [0.3, 0.4) is 0 Å². The Morgan fingerprint density at radius 1 is 1.47 bits per heavy atom. The van der Waals surface area contributed by atoms with E-state index < -0.39 is 0 Å². The van der Waals surface area contributed by atoms with Gasteiger partial charge < -0.3 is 9.64 Å². The number of thiol groups is 1. The van der Waals surface area contributed by atoms with Gasteiger partial charge in [0, 0.05) is 23.7 Å². The van der Waals surface area contributed by atoms with E-state index >= 15 is 0 Å². The van der Waals surface area contributed by atoms with Crippen LogP contribution in [-0.4, -0.2) is 31.3 Å². The summed E-state index contributed by atoms with van der Waals surface area (Å²) in [7, 11) is 0. The fourth-order valence-corrected chi connectivity index (χ4v) is 3.10. The van der Waals surface area contributed by atoms with Gasteiger partial charge in [0.1, 0.15) is 0 Å². The third kappa shape index (κ3) is 2.46. The van der Waals surface area contributed by atoms with Crippen molar-refractivity contribution in [3.63, 3.8) is 0 Å². The summed E-state index contributed by atoms with van der Waals surface area (Å²) in [6, 6.07) is 0. The molecule has 84 valence electrons. The summed E-state index contributed by atoms with van der Waals surface area (Å²) in [4.78, 5) is 8.28. The number of morpholine rings is 1. The van der Waals surface area contributed by atoms with Crippen molar-refractivity contribution in [3.8, 4) is 0 Å². The molecule has 1 fully saturated rings. The predicted octanol–water partition coefficient (Wildman–Crippen LogP) is 1.97. The molecule has 5 heteroatoms. The molecule has 0 bridgehead atoms. The lowest BCUT2D eigenvalue weighted by molar-refractivity contribution is 0.122. The van der Waals surface area contributed by atoms with E-state index in [-0.39, 0.29) is 0 Å². The van der Waals surface area contributed by atoms with Gasteiger partial charge in [0.2, 0.25) is 0 Å². The van der Waals surface area contributed by atoms with Crippen molar-refractivity contribution in [1.29, 1.82) is 0 Å². The SMILES string of the molecule is CCc1nc(N2CCOCC2)sc1CS. The normalized spacial score (nSPS) is 17.1. The number of aromatic nitrogens is 1. The average Bonchev–Trinajstić information content (AvgIpc) is 2.73. The minimum absolute atomic E-state index is 0.797. The zero-order valence-electron chi connectivity index (χ0n) is 8.90. The zero-order valence-corrected chi connectivity index (χ0v) is 10.6. The molecule has 1 aliphatic rings. The van der Waals surface area contributed by atoms with Gasteiger partial charge in [-0.25, -0.2) is 4.98 Å². The third-order valence-electron chi connectivity index (χ3n) is 2.53. The first-order valence-electron chi connectivity index (χ1n) is 5.27. The third-order valence-corrected chi connectivity index (χ3v) is 4.22. The largest absolute Gasteiger partial charge is 0.378 e. The van der Waals surface area contributed by atoms with Gasteiger partial charge in [-0.2, -0.15) is 12.6 Å². The highest BCUT2D eigenvalue weighted by Crippen LogP contribution is 2.28. The Hall–Kier alpha value is -0.260. The summed E-state index contributed by atoms with van der Waals surface area (Å²) in [5.74, 6) is 0.797. The van der Waals surface area contributed by atoms with E-state index in [9.17, 15) is 0 Å². The van der Waals surface area contributed by atoms with Crippen LogP contribution in [0.15, 0.2) is 0 Å². The first kappa shape index (κ1) is 11.2. The molecule has 0 amide bonds. The number of hydrogen-bond donors (Lipinski definition) is 1. The van der Waals surface area contributed by atoms with Crippen molar-refractivity contribution in [1.82, 2.24) is 4.98 Å². The Labute approximate surface area is 99.9 Å². The highest BCUT2D eigenvalue weighted by Gasteiger charge is 2.16. The summed E-state index contributed by atoms with van der Waals surface area (Å²) >= 11 is 6.11. The van der Waals surface area contributed by atoms with Gasteiger partial charge in [-0.05, 0) is 6.42 Å². The minimum Gasteiger partial charge on any atom is -0.378 e. The van der Waals surface area contributed by atoms with Crippen LogP contribution >= 0.6 is 24.0 Å². The molecule has 0 unspecified atom stereocenters. The maximum atomic E-state index is 5.33. The Morgan fingerprint density at radius 3 is 2.73 bits per heavy atom. The van der Waals surface area contributed by atoms with Gasteiger partial charge >= 0.3 is 0 Å². The summed E-state index contributed by atoms with van der Waals surface area (Å²) in [6.07, 6.45) is 0.997. The summed E-state index contributed by atoms with van der Waals surface area (Å²) in [5, 5.41) is 1.14. The van der Waals surface area contributed by atoms with Gasteiger partial charge in [0.25, 0.3) is 0 Å². The predicted molar refractivity (Wildman–Crippen MR) is 67.2 cm³/mol. The minimum atomic E-state index is 0.797. The lowest BCUT2D eigenvalue weighted by atomic mass is 10.3. The molecule has 0 aliphatic carbocycles. The maximum Gasteiger partial charge on any atom is 0.185 e. The van der Waals surface area contributed by atoms with Crippen LogP contribution in [0.5, 0.6) is 0 Å². The van der Waals surface area contributed by atoms with Gasteiger partial charge in [-0.3, -0.25) is 0 Å². The summed E-state index contributed by atoms with van der Waals surface area (Å²) in [5.41, 5.74) is 1.21. The number of aryl methyl sites for hydroxylation is 1. The topological polar surface area (TPSA) is 25.4 Å². The zero-order chi connectivity index (χ0) is 10.7. The molecule has 3 nitrogen and oxygen atoms in total. The van der Waals surface area contributed by atoms with E-state index in [0.29, 0.717) is 0 Å². The number of ether oxygens (including phenoxy) is 1. The molecule has 0 N–H and O–H groups in total. The van der Waals surface area contributed by atoms with Gasteiger partial charge in [-0.1, -0.05) is 6.92 Å². The van der Waals surface area contributed by atoms with E-state index in [1.807, 2.05) is 0 Å². The average molecular weight is 244 g/mol. The van der Waals surface area contributed by atoms with Crippen LogP contribution in [0.2, 0.25) is 0 Å². The van der Waals surface area contributed by atoms with Gasteiger partial charge in [0.15, 0.2) is 5.13 Å². The molecule has 1 saturated heterocycles. The smallest absolute Gasteiger partial charge is 0.185 e. The monoisotopic (exact) mass is 244 g/mol. The quantitative estimate of drug-likeness (QED) is 0.823. The Kier molecular flexibility index (Phi) is 3.88. The number of anilines is 1. The lowest BCUT2D eigenvalue weighted by Gasteiger charge is -2.26. The van der Waals surface area contributed by atoms with Gasteiger partial charge in [-0.15, -0.1) is 11.3 Å². The second-order valence-corrected chi connectivity index (χ2v) is 4.86. The lowest BCUT2D eigenvalue weighted by Crippen LogP contribution is -2.36. The first-order valence-corrected chi connectivity index (χ1v) is 6.72. The number of hydrogen-bond acceptors (Lipinski definition) is 5. The molecule has 2 rings (SSSR count). The van der Waals surface area contributed by atoms with Crippen LogP contribution in [0, 0.1) is 0 Å². The molecular formula is C10H16N2OS2. The maximum absolute atomic E-state index is 5.33. The summed E-state index contributed by atoms with van der Waals surface area (Å²) in [6.45, 7) is 5.70. The molecule has 0 saturated carbocycles. The van der Waals surface area contributed by atoms with Crippen molar-refractivity contribution in [3.05, 3.63) is 10.6 Å². The number of nitrogens with zero attached hydrogens (tertiary/aromatic N) is 2. The molecule has 0 atom stereocenters. The van der Waals surface area contributed by atoms with Crippen molar-refractivity contribution >= 4 is 29.1 Å². The Balaban J connectivity index is 2.16. The van der Waals surface area contributed by atoms with Crippen LogP contribution in [0.1, 0.15) is 17.5 Å². The highest BCUT2D eigenvalue weighted by molar-refractivity contribution is 7.79. The molecule has 2 heterocycles. The molecule has 1 aromatic rings. The van der Waals surface area contributed by atoms with Crippen LogP contribution in [-0.2, 0) is 16.9 Å².